The maximum absolute atomic E-state index is 12.7. The minimum Gasteiger partial charge on any atom is -0.469 e. The van der Waals surface area contributed by atoms with E-state index in [-0.39, 0.29) is 31.2 Å². The molecule has 1 aromatic heterocycles. The lowest BCUT2D eigenvalue weighted by atomic mass is 9.62. The van der Waals surface area contributed by atoms with Crippen molar-refractivity contribution in [3.63, 3.8) is 0 Å². The molecule has 5 rings (SSSR count). The summed E-state index contributed by atoms with van der Waals surface area (Å²) < 4.78 is 10.1. The summed E-state index contributed by atoms with van der Waals surface area (Å²) in [6.45, 7) is 11.5. The molecule has 0 amide bonds. The molecule has 1 aromatic rings. The fourth-order valence-corrected chi connectivity index (χ4v) is 8.30. The molecule has 10 nitrogen and oxygen atoms in total. The highest BCUT2D eigenvalue weighted by molar-refractivity contribution is 6.22. The number of methoxy groups -OCH3 is 2. The van der Waals surface area contributed by atoms with Crippen LogP contribution in [0.4, 0.5) is 0 Å². The van der Waals surface area contributed by atoms with Gasteiger partial charge in [-0.25, -0.2) is 4.99 Å². The van der Waals surface area contributed by atoms with Crippen molar-refractivity contribution in [1.82, 2.24) is 10.3 Å². The molecule has 4 aliphatic rings. The third-order valence-electron chi connectivity index (χ3n) is 10.4. The van der Waals surface area contributed by atoms with Crippen LogP contribution >= 0.6 is 0 Å². The molecular formula is C36H46N4O6. The number of rotatable bonds is 8. The van der Waals surface area contributed by atoms with E-state index in [0.29, 0.717) is 6.42 Å². The van der Waals surface area contributed by atoms with Gasteiger partial charge < -0.3 is 24.7 Å². The van der Waals surface area contributed by atoms with E-state index in [4.69, 9.17) is 19.5 Å². The van der Waals surface area contributed by atoms with Gasteiger partial charge in [0.2, 0.25) is 0 Å². The summed E-state index contributed by atoms with van der Waals surface area (Å²) in [6.07, 6.45) is 8.84. The molecule has 0 spiro atoms. The first-order valence-electron chi connectivity index (χ1n) is 15.9. The number of carbonyl (C=O) groups excluding carboxylic acids is 2. The molecule has 0 aromatic carbocycles. The summed E-state index contributed by atoms with van der Waals surface area (Å²) in [5.74, 6) is -1.21. The van der Waals surface area contributed by atoms with Crippen LogP contribution in [0, 0.1) is 5.92 Å². The Morgan fingerprint density at radius 1 is 1.02 bits per heavy atom. The molecule has 0 saturated carbocycles. The summed E-state index contributed by atoms with van der Waals surface area (Å²) in [5.41, 5.74) is 2.52. The molecule has 6 unspecified atom stereocenters. The zero-order valence-corrected chi connectivity index (χ0v) is 28.0. The second-order valence-corrected chi connectivity index (χ2v) is 13.1. The van der Waals surface area contributed by atoms with E-state index >= 15 is 0 Å². The van der Waals surface area contributed by atoms with E-state index < -0.39 is 34.7 Å². The number of allylic oxidation sites excluding steroid dienone is 3. The van der Waals surface area contributed by atoms with E-state index in [1.54, 1.807) is 13.8 Å². The maximum atomic E-state index is 12.7. The molecule has 0 saturated heterocycles. The van der Waals surface area contributed by atoms with E-state index in [0.717, 1.165) is 50.1 Å². The molecule has 46 heavy (non-hydrogen) atoms. The average molecular weight is 631 g/mol. The number of fused-ring (bicyclic) bond motifs is 6. The van der Waals surface area contributed by atoms with Gasteiger partial charge in [0.1, 0.15) is 0 Å². The third kappa shape index (κ3) is 5.56. The van der Waals surface area contributed by atoms with Gasteiger partial charge >= 0.3 is 11.9 Å². The van der Waals surface area contributed by atoms with Gasteiger partial charge in [0.15, 0.2) is 0 Å². The number of hydrogen-bond donors (Lipinski definition) is 4. The van der Waals surface area contributed by atoms with Crippen molar-refractivity contribution in [2.24, 2.45) is 15.9 Å². The van der Waals surface area contributed by atoms with Gasteiger partial charge in [-0.05, 0) is 112 Å². The predicted molar refractivity (Wildman–Crippen MR) is 178 cm³/mol. The van der Waals surface area contributed by atoms with Crippen LogP contribution in [-0.4, -0.2) is 81.6 Å². The SMILES string of the molecule is COC(=O)CCC1=C(C)C2=NC1(CCC(=O)OC)C(C)C1(C(C)O)NC(C)(/C=C3/C=CC(=N3)/C=c3/cc/c([nH]3)=C/2)C(C(C)O)=C1C. The Balaban J connectivity index is 1.86. The Labute approximate surface area is 270 Å². The molecule has 4 N–H and O–H groups in total. The Morgan fingerprint density at radius 3 is 2.30 bits per heavy atom. The number of nitrogens with one attached hydrogen (secondary N) is 2. The second kappa shape index (κ2) is 12.4. The van der Waals surface area contributed by atoms with Crippen molar-refractivity contribution >= 4 is 35.5 Å². The summed E-state index contributed by atoms with van der Waals surface area (Å²) >= 11 is 0. The number of esters is 2. The van der Waals surface area contributed by atoms with E-state index in [9.17, 15) is 19.8 Å². The van der Waals surface area contributed by atoms with Gasteiger partial charge in [0.25, 0.3) is 0 Å². The second-order valence-electron chi connectivity index (χ2n) is 13.1. The average Bonchev–Trinajstić information content (AvgIpc) is 3.75. The van der Waals surface area contributed by atoms with Crippen LogP contribution in [0.15, 0.2) is 68.3 Å². The first-order chi connectivity index (χ1) is 21.7. The summed E-state index contributed by atoms with van der Waals surface area (Å²) in [6, 6.07) is 3.96. The highest BCUT2D eigenvalue weighted by atomic mass is 16.5. The van der Waals surface area contributed by atoms with Crippen molar-refractivity contribution in [3.05, 3.63) is 69.0 Å². The highest BCUT2D eigenvalue weighted by Crippen LogP contribution is 2.54. The van der Waals surface area contributed by atoms with Crippen molar-refractivity contribution in [2.75, 3.05) is 14.2 Å². The minimum atomic E-state index is -1.11. The first kappa shape index (κ1) is 33.5. The van der Waals surface area contributed by atoms with Crippen LogP contribution in [0.25, 0.3) is 12.2 Å². The number of aromatic amines is 1. The van der Waals surface area contributed by atoms with Gasteiger partial charge in [0.05, 0.1) is 60.2 Å². The molecule has 6 atom stereocenters. The van der Waals surface area contributed by atoms with E-state index in [2.05, 4.69) is 10.3 Å². The van der Waals surface area contributed by atoms with E-state index in [1.165, 1.54) is 14.2 Å². The molecule has 246 valence electrons. The van der Waals surface area contributed by atoms with Crippen molar-refractivity contribution in [3.8, 4) is 0 Å². The van der Waals surface area contributed by atoms with Crippen LogP contribution in [-0.2, 0) is 19.1 Å². The Hall–Kier alpha value is -3.86. The van der Waals surface area contributed by atoms with Crippen LogP contribution in [0.2, 0.25) is 0 Å². The summed E-state index contributed by atoms with van der Waals surface area (Å²) in [5, 5.41) is 28.7. The molecule has 0 fully saturated rings. The van der Waals surface area contributed by atoms with Crippen LogP contribution in [0.1, 0.15) is 67.2 Å². The lowest BCUT2D eigenvalue weighted by molar-refractivity contribution is -0.142. The third-order valence-corrected chi connectivity index (χ3v) is 10.4. The molecule has 8 bridgehead atoms. The molecule has 5 heterocycles. The standard InChI is InChI=1S/C36H46N4O6/c1-20-29(13-14-31(43)45-7)35(16-15-32(44)46-8)23(4)36(24(5)42)21(2)33(22(3)41)34(6,40-36)19-28-12-11-26(38-28)17-25-9-10-27(37-25)18-30(20)39-35/h9-12,17-19,22-24,37,40-42H,13-16H2,1-8H3/b25-17-,27-18-,28-19-. The van der Waals surface area contributed by atoms with E-state index in [1.807, 2.05) is 70.2 Å². The van der Waals surface area contributed by atoms with Crippen LogP contribution in [0.3, 0.4) is 0 Å². The maximum Gasteiger partial charge on any atom is 0.305 e. The van der Waals surface area contributed by atoms with Crippen LogP contribution in [0.5, 0.6) is 0 Å². The minimum absolute atomic E-state index is 0.0692. The van der Waals surface area contributed by atoms with Crippen LogP contribution < -0.4 is 16.0 Å². The first-order valence-corrected chi connectivity index (χ1v) is 15.9. The van der Waals surface area contributed by atoms with Gasteiger partial charge in [-0.15, -0.1) is 0 Å². The number of aliphatic hydroxyl groups is 2. The molecule has 0 aliphatic carbocycles. The predicted octanol–water partition coefficient (Wildman–Crippen LogP) is 2.72. The smallest absolute Gasteiger partial charge is 0.305 e. The monoisotopic (exact) mass is 630 g/mol. The Morgan fingerprint density at radius 2 is 1.67 bits per heavy atom. The quantitative estimate of drug-likeness (QED) is 0.255. The van der Waals surface area contributed by atoms with Gasteiger partial charge in [-0.1, -0.05) is 6.92 Å². The number of aliphatic hydroxyl groups excluding tert-OH is 2. The number of aliphatic imine (C=N–C) groups is 2. The zero-order valence-electron chi connectivity index (χ0n) is 28.0. The van der Waals surface area contributed by atoms with Crippen molar-refractivity contribution < 1.29 is 29.3 Å². The largest absolute Gasteiger partial charge is 0.469 e. The Kier molecular flexibility index (Phi) is 9.02. The lowest BCUT2D eigenvalue weighted by Crippen LogP contribution is -2.65. The molecule has 4 aliphatic heterocycles. The Bertz CT molecular complexity index is 1760. The molecular weight excluding hydrogens is 584 g/mol. The van der Waals surface area contributed by atoms with Gasteiger partial charge in [-0.3, -0.25) is 19.9 Å². The number of nitrogens with zero attached hydrogens (tertiary/aromatic N) is 2. The number of hydrogen-bond acceptors (Lipinski definition) is 9. The fraction of sp³-hybridized carbons (Fsp3) is 0.500. The highest BCUT2D eigenvalue weighted by Gasteiger charge is 2.61. The van der Waals surface area contributed by atoms with Crippen molar-refractivity contribution in [2.45, 2.75) is 96.1 Å². The lowest BCUT2D eigenvalue weighted by Gasteiger charge is -2.50. The zero-order chi connectivity index (χ0) is 33.6. The summed E-state index contributed by atoms with van der Waals surface area (Å²) in [7, 11) is 2.73. The number of aromatic nitrogens is 1. The topological polar surface area (TPSA) is 146 Å². The normalized spacial score (nSPS) is 32.5. The molecule has 0 radical (unpaired) electrons. The van der Waals surface area contributed by atoms with Gasteiger partial charge in [0, 0.05) is 29.5 Å². The van der Waals surface area contributed by atoms with Crippen molar-refractivity contribution in [1.29, 1.82) is 0 Å². The van der Waals surface area contributed by atoms with Gasteiger partial charge in [-0.2, -0.15) is 0 Å². The molecule has 10 heteroatoms. The number of H-pyrrole nitrogens is 1. The number of ether oxygens (including phenoxy) is 2. The fourth-order valence-electron chi connectivity index (χ4n) is 8.30. The summed E-state index contributed by atoms with van der Waals surface area (Å²) in [4.78, 5) is 39.0. The number of carbonyl (C=O) groups is 2.